The van der Waals surface area contributed by atoms with Gasteiger partial charge in [-0.1, -0.05) is 34.6 Å². The van der Waals surface area contributed by atoms with E-state index in [9.17, 15) is 0 Å². The first-order chi connectivity index (χ1) is 8.10. The minimum absolute atomic E-state index is 0.736. The average Bonchev–Trinajstić information content (AvgIpc) is 2.30. The summed E-state index contributed by atoms with van der Waals surface area (Å²) in [6.45, 7) is 14.7. The second-order valence-electron chi connectivity index (χ2n) is 5.28. The molecule has 0 rings (SSSR count). The molecule has 0 saturated carbocycles. The van der Waals surface area contributed by atoms with Gasteiger partial charge in [0.2, 0.25) is 0 Å². The minimum atomic E-state index is -1.67. The summed E-state index contributed by atoms with van der Waals surface area (Å²) in [4.78, 5) is 11.4. The molecule has 0 aliphatic carbocycles. The quantitative estimate of drug-likeness (QED) is 0.499. The molecule has 3 nitrogen and oxygen atoms in total. The van der Waals surface area contributed by atoms with Gasteiger partial charge >= 0.3 is 0 Å². The van der Waals surface area contributed by atoms with Crippen LogP contribution in [0.3, 0.4) is 0 Å². The number of hydrogen-bond acceptors (Lipinski definition) is 3. The fraction of sp³-hybridized carbons (Fsp3) is 1.00. The third-order valence-electron chi connectivity index (χ3n) is 2.74. The Morgan fingerprint density at radius 1 is 0.765 bits per heavy atom. The second kappa shape index (κ2) is 10.1. The van der Waals surface area contributed by atoms with Crippen LogP contribution in [-0.2, 0) is 0 Å². The van der Waals surface area contributed by atoms with Crippen LogP contribution in [0.25, 0.3) is 0 Å². The zero-order valence-corrected chi connectivity index (χ0v) is 13.5. The summed E-state index contributed by atoms with van der Waals surface area (Å²) < 4.78 is 0. The molecule has 0 aromatic heterocycles. The Hall–Kier alpha value is 0.0969. The third kappa shape index (κ3) is 7.92. The molecule has 0 heterocycles. The standard InChI is InChI=1S/C13H33N3Si/c1-6-9-14-17(12-13(4)5,15-10-7-2)16-11-8-3/h13-16H,6-12H2,1-5H3. The number of rotatable bonds is 11. The van der Waals surface area contributed by atoms with Crippen LogP contribution in [0.1, 0.15) is 53.9 Å². The predicted molar refractivity (Wildman–Crippen MR) is 80.3 cm³/mol. The highest BCUT2D eigenvalue weighted by Gasteiger charge is 2.33. The molecule has 0 bridgehead atoms. The Balaban J connectivity index is 4.51. The molecule has 0 atom stereocenters. The third-order valence-corrected chi connectivity index (χ3v) is 6.73. The Bertz CT molecular complexity index is 152. The monoisotopic (exact) mass is 259 g/mol. The van der Waals surface area contributed by atoms with E-state index in [-0.39, 0.29) is 0 Å². The van der Waals surface area contributed by atoms with E-state index in [4.69, 9.17) is 0 Å². The summed E-state index contributed by atoms with van der Waals surface area (Å²) >= 11 is 0. The van der Waals surface area contributed by atoms with Crippen molar-refractivity contribution in [1.82, 2.24) is 14.9 Å². The van der Waals surface area contributed by atoms with E-state index in [1.54, 1.807) is 0 Å². The Kier molecular flexibility index (Phi) is 10.1. The van der Waals surface area contributed by atoms with Gasteiger partial charge in [0.1, 0.15) is 0 Å². The van der Waals surface area contributed by atoms with Gasteiger partial charge in [-0.05, 0) is 50.9 Å². The van der Waals surface area contributed by atoms with Crippen molar-refractivity contribution in [2.75, 3.05) is 19.6 Å². The smallest absolute Gasteiger partial charge is 0.281 e. The largest absolute Gasteiger partial charge is 0.313 e. The summed E-state index contributed by atoms with van der Waals surface area (Å²) in [7, 11) is -1.67. The first kappa shape index (κ1) is 17.1. The molecular formula is C13H33N3Si. The molecule has 0 saturated heterocycles. The van der Waals surface area contributed by atoms with Gasteiger partial charge < -0.3 is 14.9 Å². The zero-order chi connectivity index (χ0) is 13.1. The zero-order valence-electron chi connectivity index (χ0n) is 12.5. The number of nitrogens with one attached hydrogen (secondary N) is 3. The van der Waals surface area contributed by atoms with Gasteiger partial charge in [-0.3, -0.25) is 0 Å². The van der Waals surface area contributed by atoms with E-state index >= 15 is 0 Å². The molecule has 17 heavy (non-hydrogen) atoms. The molecule has 0 aliphatic heterocycles. The fourth-order valence-corrected chi connectivity index (χ4v) is 6.09. The summed E-state index contributed by atoms with van der Waals surface area (Å²) in [5.41, 5.74) is 0. The van der Waals surface area contributed by atoms with Crippen molar-refractivity contribution in [3.63, 3.8) is 0 Å². The van der Waals surface area contributed by atoms with E-state index in [0.29, 0.717) is 0 Å². The second-order valence-corrected chi connectivity index (χ2v) is 8.56. The van der Waals surface area contributed by atoms with Crippen molar-refractivity contribution in [3.05, 3.63) is 0 Å². The lowest BCUT2D eigenvalue weighted by Crippen LogP contribution is -2.73. The fourth-order valence-electron chi connectivity index (χ4n) is 2.03. The van der Waals surface area contributed by atoms with Crippen LogP contribution in [-0.4, -0.2) is 28.2 Å². The first-order valence-corrected chi connectivity index (χ1v) is 9.56. The maximum Gasteiger partial charge on any atom is 0.281 e. The summed E-state index contributed by atoms with van der Waals surface area (Å²) in [6, 6.07) is 1.26. The first-order valence-electron chi connectivity index (χ1n) is 7.35. The highest BCUT2D eigenvalue weighted by Crippen LogP contribution is 2.09. The molecule has 0 aromatic rings. The summed E-state index contributed by atoms with van der Waals surface area (Å²) in [5, 5.41) is 0. The van der Waals surface area contributed by atoms with Crippen molar-refractivity contribution < 1.29 is 0 Å². The Morgan fingerprint density at radius 3 is 1.35 bits per heavy atom. The van der Waals surface area contributed by atoms with E-state index in [1.165, 1.54) is 25.3 Å². The van der Waals surface area contributed by atoms with Crippen molar-refractivity contribution in [3.8, 4) is 0 Å². The van der Waals surface area contributed by atoms with E-state index < -0.39 is 8.56 Å². The van der Waals surface area contributed by atoms with Crippen LogP contribution >= 0.6 is 0 Å². The molecule has 0 spiro atoms. The lowest BCUT2D eigenvalue weighted by atomic mass is 10.3. The Labute approximate surface area is 109 Å². The van der Waals surface area contributed by atoms with Crippen molar-refractivity contribution >= 4 is 8.56 Å². The predicted octanol–water partition coefficient (Wildman–Crippen LogP) is 2.58. The summed E-state index contributed by atoms with van der Waals surface area (Å²) in [6.07, 6.45) is 3.61. The average molecular weight is 260 g/mol. The van der Waals surface area contributed by atoms with Crippen molar-refractivity contribution in [1.29, 1.82) is 0 Å². The Morgan fingerprint density at radius 2 is 1.12 bits per heavy atom. The van der Waals surface area contributed by atoms with E-state index in [0.717, 1.165) is 25.6 Å². The molecule has 0 radical (unpaired) electrons. The molecule has 3 N–H and O–H groups in total. The molecule has 0 fully saturated rings. The van der Waals surface area contributed by atoms with E-state index in [1.807, 2.05) is 0 Å². The molecule has 4 heteroatoms. The van der Waals surface area contributed by atoms with Gasteiger partial charge in [0.05, 0.1) is 0 Å². The summed E-state index contributed by atoms with van der Waals surface area (Å²) in [5.74, 6) is 0.736. The van der Waals surface area contributed by atoms with Gasteiger partial charge in [-0.25, -0.2) is 0 Å². The van der Waals surface area contributed by atoms with Gasteiger partial charge in [0.15, 0.2) is 0 Å². The normalized spacial score (nSPS) is 12.4. The van der Waals surface area contributed by atoms with Crippen LogP contribution in [0.4, 0.5) is 0 Å². The van der Waals surface area contributed by atoms with Crippen LogP contribution in [0.5, 0.6) is 0 Å². The maximum atomic E-state index is 3.80. The molecule has 0 aromatic carbocycles. The lowest BCUT2D eigenvalue weighted by molar-refractivity contribution is 0.633. The highest BCUT2D eigenvalue weighted by molar-refractivity contribution is 6.72. The number of hydrogen-bond donors (Lipinski definition) is 3. The highest BCUT2D eigenvalue weighted by atomic mass is 28.4. The van der Waals surface area contributed by atoms with Gasteiger partial charge in [0, 0.05) is 0 Å². The molecule has 0 amide bonds. The van der Waals surface area contributed by atoms with Crippen molar-refractivity contribution in [2.45, 2.75) is 59.9 Å². The van der Waals surface area contributed by atoms with Crippen LogP contribution in [0.15, 0.2) is 0 Å². The SMILES string of the molecule is CCCN[Si](CC(C)C)(NCCC)NCCC. The van der Waals surface area contributed by atoms with Crippen LogP contribution < -0.4 is 14.9 Å². The van der Waals surface area contributed by atoms with E-state index in [2.05, 4.69) is 49.6 Å². The topological polar surface area (TPSA) is 36.1 Å². The molecule has 0 unspecified atom stereocenters. The molecule has 0 aliphatic rings. The van der Waals surface area contributed by atoms with Gasteiger partial charge in [-0.15, -0.1) is 0 Å². The van der Waals surface area contributed by atoms with Crippen molar-refractivity contribution in [2.24, 2.45) is 5.92 Å². The van der Waals surface area contributed by atoms with Crippen LogP contribution in [0.2, 0.25) is 6.04 Å². The van der Waals surface area contributed by atoms with Gasteiger partial charge in [0.25, 0.3) is 8.56 Å². The lowest BCUT2D eigenvalue weighted by Gasteiger charge is -2.35. The molecule has 104 valence electrons. The van der Waals surface area contributed by atoms with Crippen LogP contribution in [0, 0.1) is 5.92 Å². The maximum absolute atomic E-state index is 3.80. The molecular weight excluding hydrogens is 226 g/mol. The van der Waals surface area contributed by atoms with Gasteiger partial charge in [-0.2, -0.15) is 0 Å². The minimum Gasteiger partial charge on any atom is -0.313 e.